The second kappa shape index (κ2) is 4.99. The summed E-state index contributed by atoms with van der Waals surface area (Å²) in [4.78, 5) is 13.1. The highest BCUT2D eigenvalue weighted by Crippen LogP contribution is 2.25. The highest BCUT2D eigenvalue weighted by atomic mass is 15.1. The van der Waals surface area contributed by atoms with E-state index in [0.29, 0.717) is 5.82 Å². The van der Waals surface area contributed by atoms with Gasteiger partial charge in [0, 0.05) is 11.3 Å². The third kappa shape index (κ3) is 2.09. The molecule has 100 valence electrons. The summed E-state index contributed by atoms with van der Waals surface area (Å²) in [6.07, 6.45) is 9.96. The molecular formula is C14H19N5. The molecular weight excluding hydrogens is 238 g/mol. The van der Waals surface area contributed by atoms with Crippen molar-refractivity contribution in [3.05, 3.63) is 29.6 Å². The fourth-order valence-electron chi connectivity index (χ4n) is 2.77. The quantitative estimate of drug-likeness (QED) is 0.914. The molecule has 0 aliphatic heterocycles. The first kappa shape index (κ1) is 12.1. The number of nitrogen functional groups attached to an aromatic ring is 1. The molecule has 2 heterocycles. The molecule has 0 unspecified atom stereocenters. The van der Waals surface area contributed by atoms with Crippen LogP contribution in [0.2, 0.25) is 0 Å². The van der Waals surface area contributed by atoms with E-state index in [4.69, 9.17) is 5.73 Å². The SMILES string of the molecule is CCCc1c(N)ncnc1-n1cnc2c1CCCC2. The summed E-state index contributed by atoms with van der Waals surface area (Å²) in [5.74, 6) is 1.50. The molecule has 0 aromatic carbocycles. The van der Waals surface area contributed by atoms with Gasteiger partial charge in [-0.25, -0.2) is 15.0 Å². The van der Waals surface area contributed by atoms with Crippen LogP contribution < -0.4 is 5.73 Å². The summed E-state index contributed by atoms with van der Waals surface area (Å²) in [6.45, 7) is 2.14. The number of aryl methyl sites for hydroxylation is 1. The predicted octanol–water partition coefficient (Wildman–Crippen LogP) is 2.08. The number of aromatic nitrogens is 4. The predicted molar refractivity (Wildman–Crippen MR) is 74.2 cm³/mol. The van der Waals surface area contributed by atoms with Gasteiger partial charge in [0.15, 0.2) is 0 Å². The maximum absolute atomic E-state index is 6.00. The van der Waals surface area contributed by atoms with E-state index in [-0.39, 0.29) is 0 Å². The van der Waals surface area contributed by atoms with E-state index in [1.54, 1.807) is 6.33 Å². The van der Waals surface area contributed by atoms with Crippen LogP contribution in [0, 0.1) is 0 Å². The molecule has 1 aliphatic rings. The number of nitrogens with zero attached hydrogens (tertiary/aromatic N) is 4. The van der Waals surface area contributed by atoms with Crippen molar-refractivity contribution in [1.29, 1.82) is 0 Å². The third-order valence-electron chi connectivity index (χ3n) is 3.71. The molecule has 2 aromatic heterocycles. The fourth-order valence-corrected chi connectivity index (χ4v) is 2.77. The van der Waals surface area contributed by atoms with E-state index in [2.05, 4.69) is 26.4 Å². The van der Waals surface area contributed by atoms with Crippen molar-refractivity contribution in [3.63, 3.8) is 0 Å². The van der Waals surface area contributed by atoms with E-state index in [1.165, 1.54) is 24.2 Å². The molecule has 0 fully saturated rings. The van der Waals surface area contributed by atoms with E-state index in [0.717, 1.165) is 37.1 Å². The van der Waals surface area contributed by atoms with Gasteiger partial charge in [-0.15, -0.1) is 0 Å². The van der Waals surface area contributed by atoms with Crippen molar-refractivity contribution in [2.24, 2.45) is 0 Å². The van der Waals surface area contributed by atoms with Gasteiger partial charge in [0.25, 0.3) is 0 Å². The number of nitrogens with two attached hydrogens (primary N) is 1. The van der Waals surface area contributed by atoms with Crippen LogP contribution in [0.5, 0.6) is 0 Å². The molecule has 0 radical (unpaired) electrons. The first-order chi connectivity index (χ1) is 9.31. The zero-order valence-electron chi connectivity index (χ0n) is 11.3. The summed E-state index contributed by atoms with van der Waals surface area (Å²) in [5, 5.41) is 0. The summed E-state index contributed by atoms with van der Waals surface area (Å²) < 4.78 is 2.11. The maximum atomic E-state index is 6.00. The van der Waals surface area contributed by atoms with Gasteiger partial charge >= 0.3 is 0 Å². The first-order valence-corrected chi connectivity index (χ1v) is 6.96. The summed E-state index contributed by atoms with van der Waals surface area (Å²) >= 11 is 0. The lowest BCUT2D eigenvalue weighted by Crippen LogP contribution is -2.12. The average molecular weight is 257 g/mol. The molecule has 0 saturated heterocycles. The summed E-state index contributed by atoms with van der Waals surface area (Å²) in [7, 11) is 0. The van der Waals surface area contributed by atoms with Crippen molar-refractivity contribution in [1.82, 2.24) is 19.5 Å². The standard InChI is InChI=1S/C14H19N5/c1-2-5-10-13(15)16-8-17-14(10)19-9-18-11-6-3-4-7-12(11)19/h8-9H,2-7H2,1H3,(H2,15,16,17). The fraction of sp³-hybridized carbons (Fsp3) is 0.500. The lowest BCUT2D eigenvalue weighted by molar-refractivity contribution is 0.652. The number of hydrogen-bond acceptors (Lipinski definition) is 4. The highest BCUT2D eigenvalue weighted by molar-refractivity contribution is 5.49. The second-order valence-corrected chi connectivity index (χ2v) is 5.03. The van der Waals surface area contributed by atoms with E-state index >= 15 is 0 Å². The molecule has 0 amide bonds. The van der Waals surface area contributed by atoms with Gasteiger partial charge in [-0.1, -0.05) is 13.3 Å². The zero-order chi connectivity index (χ0) is 13.2. The summed E-state index contributed by atoms with van der Waals surface area (Å²) in [5.41, 5.74) is 9.55. The lowest BCUT2D eigenvalue weighted by atomic mass is 10.0. The molecule has 5 heteroatoms. The Kier molecular flexibility index (Phi) is 3.19. The van der Waals surface area contributed by atoms with Crippen LogP contribution in [-0.4, -0.2) is 19.5 Å². The molecule has 1 aliphatic carbocycles. The monoisotopic (exact) mass is 257 g/mol. The van der Waals surface area contributed by atoms with Crippen molar-refractivity contribution < 1.29 is 0 Å². The normalized spacial score (nSPS) is 14.4. The minimum atomic E-state index is 0.588. The zero-order valence-corrected chi connectivity index (χ0v) is 11.3. The van der Waals surface area contributed by atoms with Gasteiger partial charge in [-0.05, 0) is 32.1 Å². The molecule has 5 nitrogen and oxygen atoms in total. The van der Waals surface area contributed by atoms with Crippen LogP contribution >= 0.6 is 0 Å². The second-order valence-electron chi connectivity index (χ2n) is 5.03. The number of imidazole rings is 1. The Bertz CT molecular complexity index is 588. The van der Waals surface area contributed by atoms with Gasteiger partial charge in [-0.2, -0.15) is 0 Å². The molecule has 0 saturated carbocycles. The van der Waals surface area contributed by atoms with Gasteiger partial charge in [-0.3, -0.25) is 4.57 Å². The molecule has 0 spiro atoms. The third-order valence-corrected chi connectivity index (χ3v) is 3.71. The molecule has 0 atom stereocenters. The number of anilines is 1. The smallest absolute Gasteiger partial charge is 0.146 e. The van der Waals surface area contributed by atoms with Crippen LogP contribution in [0.15, 0.2) is 12.7 Å². The van der Waals surface area contributed by atoms with E-state index < -0.39 is 0 Å². The van der Waals surface area contributed by atoms with Crippen molar-refractivity contribution >= 4 is 5.82 Å². The van der Waals surface area contributed by atoms with E-state index in [1.807, 2.05) is 6.33 Å². The lowest BCUT2D eigenvalue weighted by Gasteiger charge is -2.16. The topological polar surface area (TPSA) is 69.6 Å². The Morgan fingerprint density at radius 1 is 1.21 bits per heavy atom. The van der Waals surface area contributed by atoms with Crippen LogP contribution in [0.1, 0.15) is 43.1 Å². The van der Waals surface area contributed by atoms with Crippen molar-refractivity contribution in [3.8, 4) is 5.82 Å². The Morgan fingerprint density at radius 2 is 2.05 bits per heavy atom. The highest BCUT2D eigenvalue weighted by Gasteiger charge is 2.19. The maximum Gasteiger partial charge on any atom is 0.146 e. The molecule has 19 heavy (non-hydrogen) atoms. The van der Waals surface area contributed by atoms with E-state index in [9.17, 15) is 0 Å². The van der Waals surface area contributed by atoms with Crippen LogP contribution in [0.4, 0.5) is 5.82 Å². The van der Waals surface area contributed by atoms with Crippen LogP contribution in [0.25, 0.3) is 5.82 Å². The van der Waals surface area contributed by atoms with Crippen molar-refractivity contribution in [2.45, 2.75) is 45.4 Å². The largest absolute Gasteiger partial charge is 0.383 e. The van der Waals surface area contributed by atoms with Gasteiger partial charge in [0.05, 0.1) is 5.69 Å². The first-order valence-electron chi connectivity index (χ1n) is 6.96. The molecule has 2 N–H and O–H groups in total. The Balaban J connectivity index is 2.11. The van der Waals surface area contributed by atoms with Crippen LogP contribution in [-0.2, 0) is 19.3 Å². The van der Waals surface area contributed by atoms with Crippen molar-refractivity contribution in [2.75, 3.05) is 5.73 Å². The minimum Gasteiger partial charge on any atom is -0.383 e. The molecule has 2 aromatic rings. The number of rotatable bonds is 3. The van der Waals surface area contributed by atoms with Crippen LogP contribution in [0.3, 0.4) is 0 Å². The summed E-state index contributed by atoms with van der Waals surface area (Å²) in [6, 6.07) is 0. The molecule has 0 bridgehead atoms. The Labute approximate surface area is 112 Å². The Hall–Kier alpha value is -1.91. The molecule has 3 rings (SSSR count). The Morgan fingerprint density at radius 3 is 2.89 bits per heavy atom. The minimum absolute atomic E-state index is 0.588. The average Bonchev–Trinajstić information content (AvgIpc) is 2.85. The number of fused-ring (bicyclic) bond motifs is 1. The number of hydrogen-bond donors (Lipinski definition) is 1. The van der Waals surface area contributed by atoms with Gasteiger partial charge in [0.1, 0.15) is 24.3 Å². The van der Waals surface area contributed by atoms with Gasteiger partial charge in [0.2, 0.25) is 0 Å². The van der Waals surface area contributed by atoms with Gasteiger partial charge < -0.3 is 5.73 Å².